The molecule has 0 spiro atoms. The van der Waals surface area contributed by atoms with E-state index in [-0.39, 0.29) is 21.1 Å². The van der Waals surface area contributed by atoms with E-state index in [4.69, 9.17) is 16.8 Å². The number of aryl methyl sites for hydroxylation is 2. The second-order valence-corrected chi connectivity index (χ2v) is 9.22. The molecule has 0 saturated heterocycles. The minimum absolute atomic E-state index is 0. The molecule has 0 bridgehead atoms. The van der Waals surface area contributed by atoms with Gasteiger partial charge in [-0.1, -0.05) is 77.5 Å². The van der Waals surface area contributed by atoms with Crippen LogP contribution in [0, 0.1) is 30.0 Å². The van der Waals surface area contributed by atoms with E-state index in [2.05, 4.69) is 23.0 Å². The molecule has 0 N–H and O–H groups in total. The molecule has 41 heavy (non-hydrogen) atoms. The Morgan fingerprint density at radius 2 is 1.24 bits per heavy atom. The number of benzene rings is 4. The van der Waals surface area contributed by atoms with Crippen molar-refractivity contribution in [2.24, 2.45) is 0 Å². The molecule has 4 aromatic carbocycles. The van der Waals surface area contributed by atoms with E-state index >= 15 is 0 Å². The van der Waals surface area contributed by atoms with Crippen molar-refractivity contribution in [2.45, 2.75) is 12.8 Å². The first-order valence-electron chi connectivity index (χ1n) is 12.8. The normalized spacial score (nSPS) is 10.4. The zero-order valence-corrected chi connectivity index (χ0v) is 24.1. The fourth-order valence-corrected chi connectivity index (χ4v) is 4.62. The molecule has 7 heteroatoms. The summed E-state index contributed by atoms with van der Waals surface area (Å²) in [7, 11) is 0. The van der Waals surface area contributed by atoms with Gasteiger partial charge in [0, 0.05) is 12.4 Å². The van der Waals surface area contributed by atoms with E-state index in [0.29, 0.717) is 24.1 Å². The molecule has 0 radical (unpaired) electrons. The predicted molar refractivity (Wildman–Crippen MR) is 154 cm³/mol. The summed E-state index contributed by atoms with van der Waals surface area (Å²) in [6, 6.07) is 39.8. The predicted octanol–water partition coefficient (Wildman–Crippen LogP) is 7.20. The molecule has 0 unspecified atom stereocenters. The first-order chi connectivity index (χ1) is 19.7. The summed E-state index contributed by atoms with van der Waals surface area (Å²) in [6.07, 6.45) is 5.20. The van der Waals surface area contributed by atoms with Crippen LogP contribution in [-0.2, 0) is 33.9 Å². The zero-order chi connectivity index (χ0) is 27.3. The number of hydrogen-bond acceptors (Lipinski definition) is 3. The number of hydrogen-bond donors (Lipinski definition) is 0. The molecule has 0 amide bonds. The Bertz CT molecular complexity index is 1740. The Labute approximate surface area is 253 Å². The maximum Gasteiger partial charge on any atom is 2.00 e. The van der Waals surface area contributed by atoms with E-state index in [1.165, 1.54) is 0 Å². The van der Waals surface area contributed by atoms with Gasteiger partial charge in [-0.15, -0.1) is 23.3 Å². The fraction of sp³-hybridized carbons (Fsp3) is 0.0588. The van der Waals surface area contributed by atoms with E-state index in [1.807, 2.05) is 109 Å². The van der Waals surface area contributed by atoms with Gasteiger partial charge in [0.05, 0.1) is 29.7 Å². The average Bonchev–Trinajstić information content (AvgIpc) is 3.70. The van der Waals surface area contributed by atoms with Crippen molar-refractivity contribution in [3.8, 4) is 39.7 Å². The van der Waals surface area contributed by atoms with Gasteiger partial charge in [-0.05, 0) is 36.2 Å². The van der Waals surface area contributed by atoms with Gasteiger partial charge in [0.2, 0.25) is 0 Å². The summed E-state index contributed by atoms with van der Waals surface area (Å²) in [6.45, 7) is 7.65. The maximum absolute atomic E-state index is 9.73. The summed E-state index contributed by atoms with van der Waals surface area (Å²) in [5.41, 5.74) is 8.12. The first-order valence-corrected chi connectivity index (χ1v) is 12.8. The summed E-state index contributed by atoms with van der Waals surface area (Å²) in [5, 5.41) is 19.1. The summed E-state index contributed by atoms with van der Waals surface area (Å²) < 4.78 is 3.50. The number of nitrogens with zero attached hydrogens (tertiary/aromatic N) is 6. The molecular formula is C34H22N6Pt. The molecule has 0 saturated carbocycles. The zero-order valence-electron chi connectivity index (χ0n) is 21.8. The SMILES string of the molecule is [C-]#[N+]c1cc(-n2ccc(CCc3ccn(-c4[c-]cc(-c5ccccc5)c(C#N)c4)n3)n2)[c-]cc1-c1ccccc1.[Pt+2]. The number of rotatable bonds is 7. The van der Waals surface area contributed by atoms with E-state index in [1.54, 1.807) is 9.36 Å². The summed E-state index contributed by atoms with van der Waals surface area (Å²) >= 11 is 0. The van der Waals surface area contributed by atoms with Gasteiger partial charge in [0.25, 0.3) is 0 Å². The number of aromatic nitrogens is 4. The molecule has 0 fully saturated rings. The van der Waals surface area contributed by atoms with E-state index in [0.717, 1.165) is 45.0 Å². The van der Waals surface area contributed by atoms with Crippen LogP contribution in [0.25, 0.3) is 38.5 Å². The largest absolute Gasteiger partial charge is 2.00 e. The van der Waals surface area contributed by atoms with Crippen LogP contribution in [-0.4, -0.2) is 19.6 Å². The molecule has 2 heterocycles. The molecule has 0 aliphatic heterocycles. The van der Waals surface area contributed by atoms with Gasteiger partial charge in [0.15, 0.2) is 0 Å². The van der Waals surface area contributed by atoms with E-state index in [9.17, 15) is 5.26 Å². The molecule has 0 aliphatic rings. The van der Waals surface area contributed by atoms with Crippen molar-refractivity contribution >= 4 is 5.69 Å². The Balaban J connectivity index is 0.00000337. The van der Waals surface area contributed by atoms with Gasteiger partial charge >= 0.3 is 21.1 Å². The Kier molecular flexibility index (Phi) is 8.35. The van der Waals surface area contributed by atoms with Crippen molar-refractivity contribution < 1.29 is 21.1 Å². The van der Waals surface area contributed by atoms with Gasteiger partial charge < -0.3 is 0 Å². The van der Waals surface area contributed by atoms with E-state index < -0.39 is 0 Å². The smallest absolute Gasteiger partial charge is 0.267 e. The minimum atomic E-state index is 0. The van der Waals surface area contributed by atoms with Gasteiger partial charge in [0.1, 0.15) is 0 Å². The minimum Gasteiger partial charge on any atom is -0.267 e. The second kappa shape index (κ2) is 12.4. The van der Waals surface area contributed by atoms with Crippen molar-refractivity contribution in [1.29, 1.82) is 5.26 Å². The molecule has 6 aromatic rings. The van der Waals surface area contributed by atoms with Crippen LogP contribution >= 0.6 is 0 Å². The standard InChI is InChI=1S/C34H22N6.Pt/c1-36-34-23-31(15-17-33(34)26-10-6-3-7-11-26)40-21-19-29(38-40)13-12-28-18-20-39(37-28)30-14-16-32(27(22-30)24-35)25-8-4-2-5-9-25;/h2-11,16-23H,12-13H2;/q-2;+2. The van der Waals surface area contributed by atoms with Gasteiger partial charge in [-0.25, -0.2) is 0 Å². The third kappa shape index (κ3) is 5.94. The van der Waals surface area contributed by atoms with Crippen molar-refractivity contribution in [2.75, 3.05) is 0 Å². The van der Waals surface area contributed by atoms with Crippen molar-refractivity contribution in [1.82, 2.24) is 19.6 Å². The molecule has 0 aliphatic carbocycles. The topological polar surface area (TPSA) is 63.8 Å². The van der Waals surface area contributed by atoms with Crippen LogP contribution in [0.5, 0.6) is 0 Å². The maximum atomic E-state index is 9.73. The van der Waals surface area contributed by atoms with Crippen LogP contribution < -0.4 is 0 Å². The summed E-state index contributed by atoms with van der Waals surface area (Å²) in [5.74, 6) is 0. The fourth-order valence-electron chi connectivity index (χ4n) is 4.62. The number of nitriles is 1. The molecule has 198 valence electrons. The van der Waals surface area contributed by atoms with Crippen LogP contribution in [0.3, 0.4) is 0 Å². The van der Waals surface area contributed by atoms with Crippen molar-refractivity contribution in [3.63, 3.8) is 0 Å². The molecule has 6 rings (SSSR count). The van der Waals surface area contributed by atoms with Gasteiger partial charge in [-0.2, -0.15) is 39.7 Å². The Morgan fingerprint density at radius 1 is 0.732 bits per heavy atom. The molecule has 0 atom stereocenters. The summed E-state index contributed by atoms with van der Waals surface area (Å²) in [4.78, 5) is 3.73. The van der Waals surface area contributed by atoms with Crippen LogP contribution in [0.15, 0.2) is 109 Å². The third-order valence-electron chi connectivity index (χ3n) is 6.68. The Hall–Kier alpha value is -5.03. The van der Waals surface area contributed by atoms with Crippen LogP contribution in [0.1, 0.15) is 17.0 Å². The monoisotopic (exact) mass is 709 g/mol. The van der Waals surface area contributed by atoms with Crippen molar-refractivity contribution in [3.05, 3.63) is 150 Å². The second-order valence-electron chi connectivity index (χ2n) is 9.22. The van der Waals surface area contributed by atoms with Gasteiger partial charge in [-0.3, -0.25) is 14.2 Å². The molecule has 2 aromatic heterocycles. The Morgan fingerprint density at radius 3 is 1.78 bits per heavy atom. The average molecular weight is 710 g/mol. The third-order valence-corrected chi connectivity index (χ3v) is 6.68. The molecular weight excluding hydrogens is 687 g/mol. The molecule has 6 nitrogen and oxygen atoms in total. The first kappa shape index (κ1) is 27.5. The van der Waals surface area contributed by atoms with Crippen LogP contribution in [0.4, 0.5) is 5.69 Å². The van der Waals surface area contributed by atoms with Crippen LogP contribution in [0.2, 0.25) is 0 Å². The quantitative estimate of drug-likeness (QED) is 0.165.